The zero-order chi connectivity index (χ0) is 27.8. The molecule has 0 spiro atoms. The van der Waals surface area contributed by atoms with Crippen molar-refractivity contribution in [3.8, 4) is 0 Å². The number of nitrogens with zero attached hydrogens (tertiary/aromatic N) is 3. The van der Waals surface area contributed by atoms with Gasteiger partial charge in [0.15, 0.2) is 5.78 Å². The third-order valence-corrected chi connectivity index (χ3v) is 8.26. The number of nitrogens with one attached hydrogen (secondary N) is 1. The maximum Gasteiger partial charge on any atom is 0.261 e. The number of ketones is 1. The van der Waals surface area contributed by atoms with E-state index in [4.69, 9.17) is 9.73 Å². The predicted octanol–water partition coefficient (Wildman–Crippen LogP) is 3.83. The van der Waals surface area contributed by atoms with Gasteiger partial charge in [-0.1, -0.05) is 36.4 Å². The number of methoxy groups -OCH3 is 1. The Bertz CT molecular complexity index is 1400. The van der Waals surface area contributed by atoms with E-state index in [-0.39, 0.29) is 29.7 Å². The van der Waals surface area contributed by atoms with Gasteiger partial charge in [0, 0.05) is 37.4 Å². The number of fused-ring (bicyclic) bond motifs is 2. The van der Waals surface area contributed by atoms with Crippen LogP contribution in [-0.4, -0.2) is 79.0 Å². The minimum absolute atomic E-state index is 0.000527. The van der Waals surface area contributed by atoms with E-state index in [2.05, 4.69) is 29.4 Å². The zero-order valence-electron chi connectivity index (χ0n) is 23.0. The highest BCUT2D eigenvalue weighted by Gasteiger charge is 2.42. The molecular weight excluding hydrogens is 504 g/mol. The van der Waals surface area contributed by atoms with Crippen LogP contribution in [0.5, 0.6) is 0 Å². The molecule has 3 heterocycles. The Balaban J connectivity index is 1.28. The molecule has 3 aliphatic heterocycles. The highest BCUT2D eigenvalue weighted by Crippen LogP contribution is 2.38. The van der Waals surface area contributed by atoms with Crippen LogP contribution >= 0.6 is 0 Å². The normalized spacial score (nSPS) is 23.1. The summed E-state index contributed by atoms with van der Waals surface area (Å²) in [5, 5.41) is 3.41. The van der Waals surface area contributed by atoms with Gasteiger partial charge < -0.3 is 15.0 Å². The molecule has 0 saturated carbocycles. The molecule has 2 aromatic carbocycles. The van der Waals surface area contributed by atoms with Crippen LogP contribution in [0.25, 0.3) is 0 Å². The van der Waals surface area contributed by atoms with Gasteiger partial charge in [-0.3, -0.25) is 24.3 Å². The molecule has 40 heavy (non-hydrogen) atoms. The fourth-order valence-electron chi connectivity index (χ4n) is 6.20. The van der Waals surface area contributed by atoms with E-state index in [0.29, 0.717) is 48.3 Å². The van der Waals surface area contributed by atoms with E-state index in [1.54, 1.807) is 13.2 Å². The van der Waals surface area contributed by atoms with Gasteiger partial charge in [-0.15, -0.1) is 0 Å². The second kappa shape index (κ2) is 10.9. The number of hydrogen-bond acceptors (Lipinski definition) is 7. The second-order valence-corrected chi connectivity index (χ2v) is 11.1. The van der Waals surface area contributed by atoms with Crippen LogP contribution in [0.4, 0.5) is 5.69 Å². The van der Waals surface area contributed by atoms with Crippen molar-refractivity contribution in [1.29, 1.82) is 0 Å². The maximum absolute atomic E-state index is 13.4. The van der Waals surface area contributed by atoms with Crippen LogP contribution in [0.2, 0.25) is 0 Å². The average Bonchev–Trinajstić information content (AvgIpc) is 3.46. The van der Waals surface area contributed by atoms with Crippen LogP contribution in [0.3, 0.4) is 0 Å². The number of amides is 2. The van der Waals surface area contributed by atoms with E-state index in [1.807, 2.05) is 36.4 Å². The van der Waals surface area contributed by atoms with Gasteiger partial charge in [0.25, 0.3) is 11.8 Å². The van der Waals surface area contributed by atoms with Crippen LogP contribution in [0, 0.1) is 0 Å². The van der Waals surface area contributed by atoms with Gasteiger partial charge in [0.1, 0.15) is 0 Å². The summed E-state index contributed by atoms with van der Waals surface area (Å²) in [6.07, 6.45) is 6.83. The Hall–Kier alpha value is -3.88. The Morgan fingerprint density at radius 2 is 1.77 bits per heavy atom. The highest BCUT2D eigenvalue weighted by molar-refractivity contribution is 6.29. The number of carbonyl (C=O) groups excluding carboxylic acids is 3. The minimum atomic E-state index is -0.220. The third-order valence-electron chi connectivity index (χ3n) is 8.26. The summed E-state index contributed by atoms with van der Waals surface area (Å²) < 4.78 is 5.46. The first-order valence-electron chi connectivity index (χ1n) is 14.0. The molecule has 6 rings (SSSR count). The van der Waals surface area contributed by atoms with Crippen molar-refractivity contribution in [2.45, 2.75) is 44.2 Å². The van der Waals surface area contributed by atoms with E-state index >= 15 is 0 Å². The van der Waals surface area contributed by atoms with E-state index in [0.717, 1.165) is 48.4 Å². The van der Waals surface area contributed by atoms with Crippen LogP contribution in [0.1, 0.15) is 51.1 Å². The highest BCUT2D eigenvalue weighted by atomic mass is 16.5. The van der Waals surface area contributed by atoms with E-state index in [1.165, 1.54) is 4.90 Å². The molecule has 0 unspecified atom stereocenters. The van der Waals surface area contributed by atoms with Crippen molar-refractivity contribution in [3.05, 3.63) is 88.1 Å². The number of carbonyl (C=O) groups is 3. The average molecular weight is 539 g/mol. The van der Waals surface area contributed by atoms with E-state index < -0.39 is 0 Å². The SMILES string of the molecule is COC[C@@H](Cc1ccccc1)N=C1C=CCC(=O)C1=C1Cc2cc3c(cc2N1)C(=O)N(C1CCN(C)CC1)C3=O. The molecule has 0 aromatic heterocycles. The van der Waals surface area contributed by atoms with Gasteiger partial charge >= 0.3 is 0 Å². The van der Waals surface area contributed by atoms with Crippen molar-refractivity contribution < 1.29 is 19.1 Å². The van der Waals surface area contributed by atoms with Crippen LogP contribution in [-0.2, 0) is 22.4 Å². The number of ether oxygens (including phenoxy) is 1. The number of benzene rings is 2. The number of likely N-dealkylation sites (tertiary alicyclic amines) is 1. The Labute approximate surface area is 234 Å². The molecule has 1 saturated heterocycles. The number of rotatable bonds is 6. The quantitative estimate of drug-likeness (QED) is 0.444. The molecule has 1 aliphatic carbocycles. The maximum atomic E-state index is 13.4. The number of anilines is 1. The topological polar surface area (TPSA) is 91.3 Å². The van der Waals surface area contributed by atoms with Crippen molar-refractivity contribution in [2.75, 3.05) is 39.2 Å². The fourth-order valence-corrected chi connectivity index (χ4v) is 6.20. The summed E-state index contributed by atoms with van der Waals surface area (Å²) in [6, 6.07) is 13.5. The second-order valence-electron chi connectivity index (χ2n) is 11.1. The van der Waals surface area contributed by atoms with Crippen molar-refractivity contribution >= 4 is 29.0 Å². The van der Waals surface area contributed by atoms with Gasteiger partial charge in [0.2, 0.25) is 0 Å². The first-order chi connectivity index (χ1) is 19.4. The van der Waals surface area contributed by atoms with Crippen LogP contribution in [0.15, 0.2) is 70.9 Å². The molecular formula is C32H34N4O4. The summed E-state index contributed by atoms with van der Waals surface area (Å²) in [7, 11) is 3.72. The van der Waals surface area contributed by atoms with Gasteiger partial charge in [-0.2, -0.15) is 0 Å². The van der Waals surface area contributed by atoms with Gasteiger partial charge in [-0.05, 0) is 68.7 Å². The summed E-state index contributed by atoms with van der Waals surface area (Å²) >= 11 is 0. The lowest BCUT2D eigenvalue weighted by atomic mass is 9.93. The summed E-state index contributed by atoms with van der Waals surface area (Å²) in [6.45, 7) is 2.17. The molecule has 2 aromatic rings. The third kappa shape index (κ3) is 4.93. The first kappa shape index (κ1) is 26.3. The number of hydrogen-bond donors (Lipinski definition) is 1. The Morgan fingerprint density at radius 1 is 1.05 bits per heavy atom. The largest absolute Gasteiger partial charge is 0.382 e. The number of Topliss-reactive ketones (excluding diaryl/α,β-unsaturated/α-hetero) is 1. The lowest BCUT2D eigenvalue weighted by molar-refractivity contribution is -0.114. The van der Waals surface area contributed by atoms with E-state index in [9.17, 15) is 14.4 Å². The molecule has 8 heteroatoms. The molecule has 1 atom stereocenters. The van der Waals surface area contributed by atoms with Crippen LogP contribution < -0.4 is 5.32 Å². The summed E-state index contributed by atoms with van der Waals surface area (Å²) in [5.41, 5.74) is 5.69. The lowest BCUT2D eigenvalue weighted by Crippen LogP contribution is -2.46. The smallest absolute Gasteiger partial charge is 0.261 e. The number of allylic oxidation sites excluding steroid dienone is 4. The first-order valence-corrected chi connectivity index (χ1v) is 14.0. The molecule has 1 N–H and O–H groups in total. The van der Waals surface area contributed by atoms with Crippen molar-refractivity contribution in [3.63, 3.8) is 0 Å². The number of piperidine rings is 1. The molecule has 8 nitrogen and oxygen atoms in total. The fraction of sp³-hybridized carbons (Fsp3) is 0.375. The lowest BCUT2D eigenvalue weighted by Gasteiger charge is -2.33. The zero-order valence-corrected chi connectivity index (χ0v) is 23.0. The Kier molecular flexibility index (Phi) is 7.21. The molecule has 2 amide bonds. The molecule has 0 bridgehead atoms. The van der Waals surface area contributed by atoms with Crippen molar-refractivity contribution in [2.24, 2.45) is 4.99 Å². The Morgan fingerprint density at radius 3 is 2.50 bits per heavy atom. The van der Waals surface area contributed by atoms with Gasteiger partial charge in [0.05, 0.1) is 35.1 Å². The minimum Gasteiger partial charge on any atom is -0.382 e. The molecule has 0 radical (unpaired) electrons. The summed E-state index contributed by atoms with van der Waals surface area (Å²) in [5.74, 6) is -0.427. The standard InChI is InChI=1S/C32H34N4O4/c1-35-13-11-23(12-14-35)36-31(38)24-16-21-17-28(34-27(21)18-25(24)32(36)39)30-26(9-6-10-29(30)37)33-22(19-40-2)15-20-7-4-3-5-8-20/h3-9,16,18,22-23,34H,10-15,17,19H2,1-2H3/t22-/m1/s1. The summed E-state index contributed by atoms with van der Waals surface area (Å²) in [4.78, 5) is 48.6. The molecule has 1 fully saturated rings. The number of aliphatic imine (C=N–C) groups is 1. The number of imide groups is 1. The monoisotopic (exact) mass is 538 g/mol. The van der Waals surface area contributed by atoms with Gasteiger partial charge in [-0.25, -0.2) is 0 Å². The van der Waals surface area contributed by atoms with Crippen molar-refractivity contribution in [1.82, 2.24) is 9.80 Å². The predicted molar refractivity (Wildman–Crippen MR) is 154 cm³/mol. The molecule has 206 valence electrons. The molecule has 4 aliphatic rings.